The van der Waals surface area contributed by atoms with E-state index in [2.05, 4.69) is 30.9 Å². The van der Waals surface area contributed by atoms with Gasteiger partial charge in [-0.25, -0.2) is 0 Å². The number of pyridine rings is 1. The van der Waals surface area contributed by atoms with E-state index in [0.717, 1.165) is 27.9 Å². The molecule has 0 saturated carbocycles. The smallest absolute Gasteiger partial charge is 0.320 e. The van der Waals surface area contributed by atoms with Crippen molar-refractivity contribution in [3.8, 4) is 17.1 Å². The number of nitrogens with zero attached hydrogens (tertiary/aromatic N) is 4. The van der Waals surface area contributed by atoms with Crippen molar-refractivity contribution in [3.05, 3.63) is 152 Å². The number of anilines is 6. The van der Waals surface area contributed by atoms with Gasteiger partial charge in [-0.1, -0.05) is 72.3 Å². The SMILES string of the molecule is Cc1cccc(C(=O)c2c3c4c(c(Nc5cc(Nc6nc(O)nc(Nc7ccccc7C)n6)c(C)cc5C)ccc4n(C)c2=O)C(=O)c2ccccc2-3)c1. The molecule has 2 heterocycles. The number of carbonyl (C=O) groups excluding carboxylic acids is 2. The molecule has 11 nitrogen and oxygen atoms in total. The summed E-state index contributed by atoms with van der Waals surface area (Å²) in [6.07, 6.45) is 0. The monoisotopic (exact) mass is 713 g/mol. The molecule has 0 unspecified atom stereocenters. The minimum Gasteiger partial charge on any atom is -0.479 e. The van der Waals surface area contributed by atoms with Gasteiger partial charge in [0.2, 0.25) is 11.9 Å². The maximum atomic E-state index is 14.5. The lowest BCUT2D eigenvalue weighted by molar-refractivity contribution is 0.102. The Kier molecular flexibility index (Phi) is 8.26. The van der Waals surface area contributed by atoms with Crippen molar-refractivity contribution in [3.63, 3.8) is 0 Å². The van der Waals surface area contributed by atoms with Crippen molar-refractivity contribution in [1.29, 1.82) is 0 Å². The summed E-state index contributed by atoms with van der Waals surface area (Å²) in [5.74, 6) is -0.338. The van der Waals surface area contributed by atoms with Crippen molar-refractivity contribution >= 4 is 57.1 Å². The molecule has 8 rings (SSSR count). The van der Waals surface area contributed by atoms with Gasteiger partial charge in [-0.3, -0.25) is 14.4 Å². The highest BCUT2D eigenvalue weighted by Gasteiger charge is 2.34. The quantitative estimate of drug-likeness (QED) is 0.113. The molecule has 0 spiro atoms. The van der Waals surface area contributed by atoms with E-state index in [1.807, 2.05) is 76.2 Å². The van der Waals surface area contributed by atoms with Gasteiger partial charge in [-0.15, -0.1) is 0 Å². The first-order valence-corrected chi connectivity index (χ1v) is 17.4. The van der Waals surface area contributed by atoms with Crippen LogP contribution in [-0.4, -0.2) is 36.2 Å². The van der Waals surface area contributed by atoms with Crippen molar-refractivity contribution in [2.45, 2.75) is 27.7 Å². The molecule has 0 radical (unpaired) electrons. The zero-order chi connectivity index (χ0) is 37.8. The number of aromatic hydroxyl groups is 1. The van der Waals surface area contributed by atoms with Gasteiger partial charge in [-0.05, 0) is 80.3 Å². The number of hydrogen-bond donors (Lipinski definition) is 4. The fraction of sp³-hybridized carbons (Fsp3) is 0.116. The molecule has 5 aromatic carbocycles. The van der Waals surface area contributed by atoms with Crippen molar-refractivity contribution < 1.29 is 14.7 Å². The second-order valence-electron chi connectivity index (χ2n) is 13.5. The number of carbonyl (C=O) groups is 2. The second kappa shape index (κ2) is 13.1. The number of rotatable bonds is 8. The Hall–Kier alpha value is -7.14. The van der Waals surface area contributed by atoms with Crippen LogP contribution in [0.3, 0.4) is 0 Å². The first-order valence-electron chi connectivity index (χ1n) is 17.4. The van der Waals surface area contributed by atoms with Gasteiger partial charge in [0.15, 0.2) is 11.6 Å². The van der Waals surface area contributed by atoms with Gasteiger partial charge >= 0.3 is 6.01 Å². The summed E-state index contributed by atoms with van der Waals surface area (Å²) >= 11 is 0. The van der Waals surface area contributed by atoms with Gasteiger partial charge in [-0.2, -0.15) is 15.0 Å². The number of fused-ring (bicyclic) bond motifs is 2. The minimum absolute atomic E-state index is 0.0174. The van der Waals surface area contributed by atoms with E-state index >= 15 is 0 Å². The van der Waals surface area contributed by atoms with Gasteiger partial charge in [0.05, 0.1) is 22.3 Å². The molecule has 0 saturated heterocycles. The Morgan fingerprint density at radius 1 is 0.630 bits per heavy atom. The normalized spacial score (nSPS) is 11.7. The maximum Gasteiger partial charge on any atom is 0.320 e. The molecule has 0 atom stereocenters. The van der Waals surface area contributed by atoms with Crippen LogP contribution in [-0.2, 0) is 7.05 Å². The zero-order valence-electron chi connectivity index (χ0n) is 30.2. The lowest BCUT2D eigenvalue weighted by Crippen LogP contribution is -2.29. The fourth-order valence-corrected chi connectivity index (χ4v) is 7.12. The van der Waals surface area contributed by atoms with E-state index in [0.29, 0.717) is 55.8 Å². The number of aryl methyl sites for hydroxylation is 5. The Bertz CT molecular complexity index is 2790. The fourth-order valence-electron chi connectivity index (χ4n) is 7.12. The topological polar surface area (TPSA) is 151 Å². The summed E-state index contributed by atoms with van der Waals surface area (Å²) in [5, 5.41) is 20.8. The third-order valence-corrected chi connectivity index (χ3v) is 9.84. The van der Waals surface area contributed by atoms with Crippen LogP contribution >= 0.6 is 0 Å². The summed E-state index contributed by atoms with van der Waals surface area (Å²) in [4.78, 5) is 55.5. The Morgan fingerprint density at radius 3 is 2.02 bits per heavy atom. The van der Waals surface area contributed by atoms with Gasteiger partial charge < -0.3 is 25.6 Å². The molecule has 0 bridgehead atoms. The van der Waals surface area contributed by atoms with E-state index in [9.17, 15) is 19.5 Å². The zero-order valence-corrected chi connectivity index (χ0v) is 30.2. The van der Waals surface area contributed by atoms with Gasteiger partial charge in [0, 0.05) is 46.2 Å². The van der Waals surface area contributed by atoms with Crippen LogP contribution in [0.15, 0.2) is 102 Å². The number of ketones is 2. The predicted molar refractivity (Wildman–Crippen MR) is 211 cm³/mol. The molecule has 4 N–H and O–H groups in total. The van der Waals surface area contributed by atoms with E-state index < -0.39 is 17.4 Å². The lowest BCUT2D eigenvalue weighted by atomic mass is 9.80. The number of nitrogens with one attached hydrogen (secondary N) is 3. The van der Waals surface area contributed by atoms with Crippen molar-refractivity contribution in [2.24, 2.45) is 7.05 Å². The van der Waals surface area contributed by atoms with Crippen LogP contribution in [0, 0.1) is 27.7 Å². The number of benzene rings is 5. The van der Waals surface area contributed by atoms with E-state index in [1.54, 1.807) is 55.6 Å². The third-order valence-electron chi connectivity index (χ3n) is 9.84. The first kappa shape index (κ1) is 34.0. The summed E-state index contributed by atoms with van der Waals surface area (Å²) in [6.45, 7) is 7.74. The molecule has 1 aliphatic carbocycles. The van der Waals surface area contributed by atoms with Crippen LogP contribution in [0.1, 0.15) is 54.1 Å². The van der Waals surface area contributed by atoms with E-state index in [-0.39, 0.29) is 23.2 Å². The highest BCUT2D eigenvalue weighted by Crippen LogP contribution is 2.44. The maximum absolute atomic E-state index is 14.5. The largest absolute Gasteiger partial charge is 0.479 e. The average Bonchev–Trinajstić information content (AvgIpc) is 3.14. The lowest BCUT2D eigenvalue weighted by Gasteiger charge is -2.26. The molecule has 11 heteroatoms. The molecule has 0 amide bonds. The minimum atomic E-state index is -0.453. The molecule has 2 aromatic heterocycles. The summed E-state index contributed by atoms with van der Waals surface area (Å²) in [5.41, 5.74) is 8.54. The summed E-state index contributed by atoms with van der Waals surface area (Å²) in [7, 11) is 1.62. The standard InChI is InChI=1S/C43H35N7O4/c1-22-11-10-13-26(19-22)38(51)37-34-27-14-7-8-15-28(27)39(52)35-30(17-18-33(36(34)35)50(5)40(37)53)44-31-21-32(25(4)20-24(31)3)46-42-47-41(48-43(54)49-42)45-29-16-9-6-12-23(29)2/h6-21,44H,1-5H3,(H3,45,46,47,48,49,54). The number of aromatic nitrogens is 4. The van der Waals surface area contributed by atoms with Crippen molar-refractivity contribution in [1.82, 2.24) is 19.5 Å². The molecule has 0 fully saturated rings. The Morgan fingerprint density at radius 2 is 1.30 bits per heavy atom. The number of para-hydroxylation sites is 1. The summed E-state index contributed by atoms with van der Waals surface area (Å²) in [6, 6.07) is 28.9. The average molecular weight is 714 g/mol. The van der Waals surface area contributed by atoms with Crippen LogP contribution in [0.4, 0.5) is 34.6 Å². The van der Waals surface area contributed by atoms with Crippen LogP contribution in [0.5, 0.6) is 6.01 Å². The van der Waals surface area contributed by atoms with Crippen molar-refractivity contribution in [2.75, 3.05) is 16.0 Å². The van der Waals surface area contributed by atoms with Gasteiger partial charge in [0.25, 0.3) is 5.56 Å². The molecule has 266 valence electrons. The molecular weight excluding hydrogens is 679 g/mol. The van der Waals surface area contributed by atoms with E-state index in [1.165, 1.54) is 4.57 Å². The Balaban J connectivity index is 1.24. The van der Waals surface area contributed by atoms with Gasteiger partial charge in [0.1, 0.15) is 0 Å². The summed E-state index contributed by atoms with van der Waals surface area (Å²) < 4.78 is 1.45. The number of hydrogen-bond acceptors (Lipinski definition) is 10. The molecule has 0 aliphatic heterocycles. The second-order valence-corrected chi connectivity index (χ2v) is 13.5. The highest BCUT2D eigenvalue weighted by atomic mass is 16.3. The molecular formula is C43H35N7O4. The Labute approximate surface area is 310 Å². The first-order chi connectivity index (χ1) is 26.0. The predicted octanol–water partition coefficient (Wildman–Crippen LogP) is 8.34. The molecule has 1 aliphatic rings. The highest BCUT2D eigenvalue weighted by molar-refractivity contribution is 6.31. The van der Waals surface area contributed by atoms with E-state index in [4.69, 9.17) is 0 Å². The molecule has 7 aromatic rings. The molecule has 54 heavy (non-hydrogen) atoms. The van der Waals surface area contributed by atoms with Crippen LogP contribution in [0.25, 0.3) is 22.0 Å². The third kappa shape index (κ3) is 5.81. The van der Waals surface area contributed by atoms with Crippen LogP contribution in [0.2, 0.25) is 0 Å². The van der Waals surface area contributed by atoms with Crippen LogP contribution < -0.4 is 21.5 Å².